The zero-order valence-corrected chi connectivity index (χ0v) is 10.8. The van der Waals surface area contributed by atoms with Crippen molar-refractivity contribution >= 4 is 0 Å². The van der Waals surface area contributed by atoms with Crippen molar-refractivity contribution in [1.82, 2.24) is 5.32 Å². The van der Waals surface area contributed by atoms with Crippen LogP contribution in [0.15, 0.2) is 18.2 Å². The van der Waals surface area contributed by atoms with E-state index in [2.05, 4.69) is 26.1 Å². The normalized spacial score (nSPS) is 13.1. The first-order valence-electron chi connectivity index (χ1n) is 6.22. The third kappa shape index (κ3) is 4.08. The van der Waals surface area contributed by atoms with Crippen molar-refractivity contribution in [2.45, 2.75) is 39.7 Å². The van der Waals surface area contributed by atoms with Gasteiger partial charge in [0.15, 0.2) is 0 Å². The molecule has 1 rings (SSSR count). The summed E-state index contributed by atoms with van der Waals surface area (Å²) in [6.07, 6.45) is 1.42. The minimum Gasteiger partial charge on any atom is -0.313 e. The van der Waals surface area contributed by atoms with Crippen molar-refractivity contribution in [2.24, 2.45) is 5.92 Å². The fourth-order valence-electron chi connectivity index (χ4n) is 1.82. The second-order valence-corrected chi connectivity index (χ2v) is 4.71. The lowest BCUT2D eigenvalue weighted by atomic mass is 9.95. The maximum absolute atomic E-state index is 13.5. The van der Waals surface area contributed by atoms with Crippen molar-refractivity contribution in [2.75, 3.05) is 6.54 Å². The van der Waals surface area contributed by atoms with Crippen molar-refractivity contribution in [1.29, 1.82) is 0 Å². The van der Waals surface area contributed by atoms with Gasteiger partial charge in [0, 0.05) is 11.6 Å². The Balaban J connectivity index is 2.78. The molecule has 0 heterocycles. The standard InChI is InChI=1S/C14H21F2N/c1-4-8-17-14(10(2)3)9-11-12(15)6-5-7-13(11)16/h5-7,10,14,17H,4,8-9H2,1-3H3. The first kappa shape index (κ1) is 14.1. The van der Waals surface area contributed by atoms with Crippen LogP contribution in [-0.2, 0) is 6.42 Å². The first-order valence-corrected chi connectivity index (χ1v) is 6.22. The molecule has 0 aliphatic heterocycles. The predicted octanol–water partition coefficient (Wildman–Crippen LogP) is 3.53. The van der Waals surface area contributed by atoms with Crippen LogP contribution >= 0.6 is 0 Å². The molecule has 0 saturated carbocycles. The SMILES string of the molecule is CCCNC(Cc1c(F)cccc1F)C(C)C. The van der Waals surface area contributed by atoms with E-state index in [1.165, 1.54) is 18.2 Å². The van der Waals surface area contributed by atoms with E-state index in [1.807, 2.05) is 0 Å². The van der Waals surface area contributed by atoms with Gasteiger partial charge in [-0.1, -0.05) is 26.8 Å². The third-order valence-electron chi connectivity index (χ3n) is 2.95. The van der Waals surface area contributed by atoms with Crippen molar-refractivity contribution in [3.05, 3.63) is 35.4 Å². The largest absolute Gasteiger partial charge is 0.313 e. The van der Waals surface area contributed by atoms with Crippen LogP contribution < -0.4 is 5.32 Å². The Bertz CT molecular complexity index is 330. The molecule has 1 atom stereocenters. The molecule has 0 radical (unpaired) electrons. The predicted molar refractivity (Wildman–Crippen MR) is 67.0 cm³/mol. The smallest absolute Gasteiger partial charge is 0.129 e. The second-order valence-electron chi connectivity index (χ2n) is 4.71. The molecule has 0 aromatic heterocycles. The molecule has 0 aliphatic rings. The second kappa shape index (κ2) is 6.70. The minimum atomic E-state index is -0.450. The molecule has 1 unspecified atom stereocenters. The third-order valence-corrected chi connectivity index (χ3v) is 2.95. The highest BCUT2D eigenvalue weighted by molar-refractivity contribution is 5.20. The quantitative estimate of drug-likeness (QED) is 0.803. The summed E-state index contributed by atoms with van der Waals surface area (Å²) in [7, 11) is 0. The van der Waals surface area contributed by atoms with E-state index in [0.717, 1.165) is 13.0 Å². The lowest BCUT2D eigenvalue weighted by Gasteiger charge is -2.22. The highest BCUT2D eigenvalue weighted by Crippen LogP contribution is 2.17. The molecule has 1 aromatic rings. The van der Waals surface area contributed by atoms with Gasteiger partial charge in [0.1, 0.15) is 11.6 Å². The highest BCUT2D eigenvalue weighted by Gasteiger charge is 2.17. The van der Waals surface area contributed by atoms with Gasteiger partial charge in [0.25, 0.3) is 0 Å². The summed E-state index contributed by atoms with van der Waals surface area (Å²) in [5.41, 5.74) is 0.190. The number of benzene rings is 1. The first-order chi connectivity index (χ1) is 8.06. The zero-order valence-electron chi connectivity index (χ0n) is 10.8. The molecule has 1 N–H and O–H groups in total. The van der Waals surface area contributed by atoms with E-state index >= 15 is 0 Å². The Kier molecular flexibility index (Phi) is 5.56. The van der Waals surface area contributed by atoms with Crippen molar-refractivity contribution in [3.63, 3.8) is 0 Å². The number of rotatable bonds is 6. The summed E-state index contributed by atoms with van der Waals surface area (Å²) in [4.78, 5) is 0. The number of nitrogens with one attached hydrogen (secondary N) is 1. The Morgan fingerprint density at radius 1 is 1.18 bits per heavy atom. The van der Waals surface area contributed by atoms with Gasteiger partial charge < -0.3 is 5.32 Å². The maximum atomic E-state index is 13.5. The minimum absolute atomic E-state index is 0.112. The van der Waals surface area contributed by atoms with Crippen LogP contribution in [0.4, 0.5) is 8.78 Å². The number of hydrogen-bond acceptors (Lipinski definition) is 1. The fourth-order valence-corrected chi connectivity index (χ4v) is 1.82. The van der Waals surface area contributed by atoms with Gasteiger partial charge in [-0.05, 0) is 37.4 Å². The lowest BCUT2D eigenvalue weighted by molar-refractivity contribution is 0.386. The maximum Gasteiger partial charge on any atom is 0.129 e. The van der Waals surface area contributed by atoms with Crippen LogP contribution in [0.25, 0.3) is 0 Å². The summed E-state index contributed by atoms with van der Waals surface area (Å²) >= 11 is 0. The molecule has 17 heavy (non-hydrogen) atoms. The molecular weight excluding hydrogens is 220 g/mol. The summed E-state index contributed by atoms with van der Waals surface area (Å²) < 4.78 is 27.1. The van der Waals surface area contributed by atoms with Crippen LogP contribution in [-0.4, -0.2) is 12.6 Å². The van der Waals surface area contributed by atoms with E-state index in [-0.39, 0.29) is 11.6 Å². The average molecular weight is 241 g/mol. The Morgan fingerprint density at radius 3 is 2.24 bits per heavy atom. The lowest BCUT2D eigenvalue weighted by Crippen LogP contribution is -2.36. The Morgan fingerprint density at radius 2 is 1.76 bits per heavy atom. The van der Waals surface area contributed by atoms with E-state index in [0.29, 0.717) is 12.3 Å². The number of halogens is 2. The molecule has 3 heteroatoms. The van der Waals surface area contributed by atoms with Crippen LogP contribution in [0, 0.1) is 17.6 Å². The van der Waals surface area contributed by atoms with Gasteiger partial charge in [0.05, 0.1) is 0 Å². The van der Waals surface area contributed by atoms with Gasteiger partial charge >= 0.3 is 0 Å². The molecular formula is C14H21F2N. The molecule has 96 valence electrons. The van der Waals surface area contributed by atoms with E-state index in [4.69, 9.17) is 0 Å². The summed E-state index contributed by atoms with van der Waals surface area (Å²) in [6.45, 7) is 7.07. The van der Waals surface area contributed by atoms with E-state index < -0.39 is 11.6 Å². The van der Waals surface area contributed by atoms with Gasteiger partial charge in [0.2, 0.25) is 0 Å². The topological polar surface area (TPSA) is 12.0 Å². The van der Waals surface area contributed by atoms with Crippen LogP contribution in [0.3, 0.4) is 0 Å². The van der Waals surface area contributed by atoms with Crippen molar-refractivity contribution in [3.8, 4) is 0 Å². The number of hydrogen-bond donors (Lipinski definition) is 1. The van der Waals surface area contributed by atoms with Gasteiger partial charge in [-0.25, -0.2) is 8.78 Å². The molecule has 0 aliphatic carbocycles. The Hall–Kier alpha value is -0.960. The van der Waals surface area contributed by atoms with Crippen LogP contribution in [0.5, 0.6) is 0 Å². The molecule has 0 bridgehead atoms. The zero-order chi connectivity index (χ0) is 12.8. The summed E-state index contributed by atoms with van der Waals surface area (Å²) in [5, 5.41) is 3.34. The van der Waals surface area contributed by atoms with Gasteiger partial charge in [-0.15, -0.1) is 0 Å². The van der Waals surface area contributed by atoms with Crippen LogP contribution in [0.2, 0.25) is 0 Å². The van der Waals surface area contributed by atoms with E-state index in [1.54, 1.807) is 0 Å². The molecule has 0 saturated heterocycles. The Labute approximate surface area is 102 Å². The highest BCUT2D eigenvalue weighted by atomic mass is 19.1. The van der Waals surface area contributed by atoms with Crippen LogP contribution in [0.1, 0.15) is 32.8 Å². The molecule has 1 nitrogen and oxygen atoms in total. The molecule has 0 fully saturated rings. The molecule has 1 aromatic carbocycles. The summed E-state index contributed by atoms with van der Waals surface area (Å²) in [6, 6.07) is 4.14. The monoisotopic (exact) mass is 241 g/mol. The van der Waals surface area contributed by atoms with Gasteiger partial charge in [-0.2, -0.15) is 0 Å². The molecule has 0 amide bonds. The fraction of sp³-hybridized carbons (Fsp3) is 0.571. The van der Waals surface area contributed by atoms with Gasteiger partial charge in [-0.3, -0.25) is 0 Å². The average Bonchev–Trinajstić information content (AvgIpc) is 2.27. The summed E-state index contributed by atoms with van der Waals surface area (Å²) in [5.74, 6) is -0.552. The van der Waals surface area contributed by atoms with E-state index in [9.17, 15) is 8.78 Å². The molecule has 0 spiro atoms. The van der Waals surface area contributed by atoms with Crippen molar-refractivity contribution < 1.29 is 8.78 Å².